The van der Waals surface area contributed by atoms with E-state index in [-0.39, 0.29) is 12.1 Å². The zero-order valence-electron chi connectivity index (χ0n) is 12.2. The first kappa shape index (κ1) is 15.9. The molecule has 0 amide bonds. The van der Waals surface area contributed by atoms with Crippen molar-refractivity contribution in [2.75, 3.05) is 39.9 Å². The molecule has 0 radical (unpaired) electrons. The molecule has 1 saturated heterocycles. The Balaban J connectivity index is 2.14. The lowest BCUT2D eigenvalue weighted by Crippen LogP contribution is -2.44. The fourth-order valence-corrected chi connectivity index (χ4v) is 2.36. The summed E-state index contributed by atoms with van der Waals surface area (Å²) in [5.74, 6) is 0. The van der Waals surface area contributed by atoms with Gasteiger partial charge in [0.1, 0.15) is 0 Å². The van der Waals surface area contributed by atoms with Gasteiger partial charge in [-0.3, -0.25) is 4.90 Å². The number of rotatable bonds is 8. The number of nitrogens with one attached hydrogen (secondary N) is 1. The topological polar surface area (TPSA) is 44.7 Å². The van der Waals surface area contributed by atoms with E-state index in [9.17, 15) is 5.11 Å². The fourth-order valence-electron chi connectivity index (χ4n) is 2.36. The molecule has 0 bridgehead atoms. The number of unbranched alkanes of at least 4 members (excludes halogenated alkanes) is 1. The molecule has 1 aliphatic heterocycles. The molecule has 0 aromatic carbocycles. The van der Waals surface area contributed by atoms with E-state index in [0.29, 0.717) is 6.10 Å². The van der Waals surface area contributed by atoms with Gasteiger partial charge in [0.15, 0.2) is 0 Å². The molecule has 1 aliphatic rings. The molecule has 0 spiro atoms. The summed E-state index contributed by atoms with van der Waals surface area (Å²) in [6.45, 7) is 8.66. The van der Waals surface area contributed by atoms with Crippen molar-refractivity contribution >= 4 is 0 Å². The maximum atomic E-state index is 9.31. The Bertz CT molecular complexity index is 220. The first-order valence-corrected chi connectivity index (χ1v) is 7.27. The molecule has 18 heavy (non-hydrogen) atoms. The molecular formula is C14H30N2O2. The first-order chi connectivity index (χ1) is 8.63. The largest absolute Gasteiger partial charge is 0.394 e. The second-order valence-corrected chi connectivity index (χ2v) is 5.63. The number of nitrogens with zero attached hydrogens (tertiary/aromatic N) is 1. The predicted octanol–water partition coefficient (Wildman–Crippen LogP) is 1.24. The highest BCUT2D eigenvalue weighted by Crippen LogP contribution is 2.14. The van der Waals surface area contributed by atoms with Crippen molar-refractivity contribution in [1.29, 1.82) is 0 Å². The van der Waals surface area contributed by atoms with Crippen LogP contribution in [0, 0.1) is 0 Å². The molecule has 108 valence electrons. The van der Waals surface area contributed by atoms with Crippen LogP contribution in [-0.2, 0) is 4.74 Å². The van der Waals surface area contributed by atoms with Crippen LogP contribution in [0.4, 0.5) is 0 Å². The number of morpholine rings is 1. The Labute approximate surface area is 112 Å². The summed E-state index contributed by atoms with van der Waals surface area (Å²) in [4.78, 5) is 2.51. The van der Waals surface area contributed by atoms with E-state index in [4.69, 9.17) is 4.74 Å². The number of aliphatic hydroxyl groups is 1. The summed E-state index contributed by atoms with van der Waals surface area (Å²) in [6, 6.07) is 0. The first-order valence-electron chi connectivity index (χ1n) is 7.27. The van der Waals surface area contributed by atoms with Crippen molar-refractivity contribution in [2.45, 2.75) is 51.2 Å². The third kappa shape index (κ3) is 5.22. The Hall–Kier alpha value is -0.160. The fraction of sp³-hybridized carbons (Fsp3) is 1.00. The minimum absolute atomic E-state index is 0.114. The maximum absolute atomic E-state index is 9.31. The highest BCUT2D eigenvalue weighted by Gasteiger charge is 2.21. The average molecular weight is 258 g/mol. The molecule has 1 fully saturated rings. The number of likely N-dealkylation sites (N-methyl/N-ethyl adjacent to an activating group) is 1. The van der Waals surface area contributed by atoms with E-state index in [2.05, 4.69) is 24.1 Å². The Morgan fingerprint density at radius 2 is 2.22 bits per heavy atom. The van der Waals surface area contributed by atoms with Crippen molar-refractivity contribution < 1.29 is 9.84 Å². The van der Waals surface area contributed by atoms with Gasteiger partial charge in [-0.25, -0.2) is 0 Å². The van der Waals surface area contributed by atoms with E-state index in [1.165, 1.54) is 6.42 Å². The van der Waals surface area contributed by atoms with E-state index in [0.717, 1.165) is 45.5 Å². The quantitative estimate of drug-likeness (QED) is 0.643. The molecule has 0 aromatic heterocycles. The monoisotopic (exact) mass is 258 g/mol. The van der Waals surface area contributed by atoms with E-state index < -0.39 is 0 Å². The van der Waals surface area contributed by atoms with Crippen LogP contribution in [0.5, 0.6) is 0 Å². The smallest absolute Gasteiger partial charge is 0.0700 e. The zero-order valence-corrected chi connectivity index (χ0v) is 12.2. The molecule has 0 aromatic rings. The van der Waals surface area contributed by atoms with Crippen LogP contribution >= 0.6 is 0 Å². The lowest BCUT2D eigenvalue weighted by Gasteiger charge is -2.33. The standard InChI is InChI=1S/C14H30N2O2/c1-4-13-11-16(9-10-18-13)8-6-5-7-14(2,12-17)15-3/h13,15,17H,4-12H2,1-3H3. The van der Waals surface area contributed by atoms with Gasteiger partial charge in [-0.2, -0.15) is 0 Å². The predicted molar refractivity (Wildman–Crippen MR) is 74.9 cm³/mol. The van der Waals surface area contributed by atoms with Crippen LogP contribution < -0.4 is 5.32 Å². The van der Waals surface area contributed by atoms with Crippen LogP contribution in [-0.4, -0.2) is 61.5 Å². The SMILES string of the molecule is CCC1CN(CCCCC(C)(CO)NC)CCO1. The second-order valence-electron chi connectivity index (χ2n) is 5.63. The summed E-state index contributed by atoms with van der Waals surface area (Å²) in [5.41, 5.74) is -0.114. The average Bonchev–Trinajstić information content (AvgIpc) is 2.43. The third-order valence-electron chi connectivity index (χ3n) is 4.08. The molecule has 0 saturated carbocycles. The van der Waals surface area contributed by atoms with Gasteiger partial charge in [-0.1, -0.05) is 13.3 Å². The number of ether oxygens (including phenoxy) is 1. The summed E-state index contributed by atoms with van der Waals surface area (Å²) >= 11 is 0. The van der Waals surface area contributed by atoms with Gasteiger partial charge < -0.3 is 15.2 Å². The van der Waals surface area contributed by atoms with Crippen molar-refractivity contribution in [3.8, 4) is 0 Å². The van der Waals surface area contributed by atoms with Gasteiger partial charge in [0.25, 0.3) is 0 Å². The van der Waals surface area contributed by atoms with E-state index in [1.807, 2.05) is 7.05 Å². The minimum Gasteiger partial charge on any atom is -0.394 e. The Morgan fingerprint density at radius 3 is 2.83 bits per heavy atom. The molecule has 2 unspecified atom stereocenters. The molecule has 4 heteroatoms. The normalized spacial score (nSPS) is 25.0. The molecule has 4 nitrogen and oxygen atoms in total. The molecule has 2 atom stereocenters. The molecule has 2 N–H and O–H groups in total. The van der Waals surface area contributed by atoms with Crippen LogP contribution in [0.2, 0.25) is 0 Å². The van der Waals surface area contributed by atoms with Crippen molar-refractivity contribution in [3.05, 3.63) is 0 Å². The maximum Gasteiger partial charge on any atom is 0.0700 e. The Morgan fingerprint density at radius 1 is 1.44 bits per heavy atom. The minimum atomic E-state index is -0.114. The van der Waals surface area contributed by atoms with Crippen molar-refractivity contribution in [3.63, 3.8) is 0 Å². The van der Waals surface area contributed by atoms with Gasteiger partial charge >= 0.3 is 0 Å². The number of hydrogen-bond donors (Lipinski definition) is 2. The van der Waals surface area contributed by atoms with Crippen LogP contribution in [0.1, 0.15) is 39.5 Å². The van der Waals surface area contributed by atoms with Crippen LogP contribution in [0.15, 0.2) is 0 Å². The second kappa shape index (κ2) is 8.10. The van der Waals surface area contributed by atoms with Crippen molar-refractivity contribution in [2.24, 2.45) is 0 Å². The summed E-state index contributed by atoms with van der Waals surface area (Å²) < 4.78 is 5.67. The van der Waals surface area contributed by atoms with Gasteiger partial charge in [-0.05, 0) is 39.8 Å². The zero-order chi connectivity index (χ0) is 13.4. The lowest BCUT2D eigenvalue weighted by molar-refractivity contribution is -0.0301. The van der Waals surface area contributed by atoms with Crippen LogP contribution in [0.3, 0.4) is 0 Å². The summed E-state index contributed by atoms with van der Waals surface area (Å²) in [5, 5.41) is 12.5. The highest BCUT2D eigenvalue weighted by molar-refractivity contribution is 4.80. The highest BCUT2D eigenvalue weighted by atomic mass is 16.5. The molecule has 0 aliphatic carbocycles. The van der Waals surface area contributed by atoms with Gasteiger partial charge in [0.2, 0.25) is 0 Å². The number of aliphatic hydroxyl groups excluding tert-OH is 1. The lowest BCUT2D eigenvalue weighted by atomic mass is 9.96. The summed E-state index contributed by atoms with van der Waals surface area (Å²) in [6.07, 6.45) is 4.93. The Kier molecular flexibility index (Phi) is 7.15. The number of hydrogen-bond acceptors (Lipinski definition) is 4. The van der Waals surface area contributed by atoms with Gasteiger partial charge in [-0.15, -0.1) is 0 Å². The molecule has 1 heterocycles. The third-order valence-corrected chi connectivity index (χ3v) is 4.08. The van der Waals surface area contributed by atoms with Crippen LogP contribution in [0.25, 0.3) is 0 Å². The summed E-state index contributed by atoms with van der Waals surface area (Å²) in [7, 11) is 1.92. The van der Waals surface area contributed by atoms with Gasteiger partial charge in [0.05, 0.1) is 19.3 Å². The van der Waals surface area contributed by atoms with Gasteiger partial charge in [0, 0.05) is 18.6 Å². The van der Waals surface area contributed by atoms with E-state index >= 15 is 0 Å². The molecule has 1 rings (SSSR count). The van der Waals surface area contributed by atoms with E-state index in [1.54, 1.807) is 0 Å². The van der Waals surface area contributed by atoms with Crippen molar-refractivity contribution in [1.82, 2.24) is 10.2 Å². The molecular weight excluding hydrogens is 228 g/mol.